The maximum absolute atomic E-state index is 12.0. The third-order valence-electron chi connectivity index (χ3n) is 4.06. The lowest BCUT2D eigenvalue weighted by atomic mass is 9.82. The summed E-state index contributed by atoms with van der Waals surface area (Å²) in [7, 11) is 0. The number of carbonyl (C=O) groups excluding carboxylic acids is 1. The van der Waals surface area contributed by atoms with Crippen LogP contribution in [0.3, 0.4) is 0 Å². The molecule has 0 saturated carbocycles. The highest BCUT2D eigenvalue weighted by Gasteiger charge is 2.35. The molecule has 0 heterocycles. The van der Waals surface area contributed by atoms with Crippen molar-refractivity contribution < 1.29 is 19.4 Å². The molecule has 0 aliphatic heterocycles. The van der Waals surface area contributed by atoms with Crippen LogP contribution >= 0.6 is 0 Å². The predicted molar refractivity (Wildman–Crippen MR) is 93.9 cm³/mol. The number of rotatable bonds is 10. The average molecular weight is 335 g/mol. The molecule has 0 bridgehead atoms. The van der Waals surface area contributed by atoms with E-state index in [-0.39, 0.29) is 25.0 Å². The summed E-state index contributed by atoms with van der Waals surface area (Å²) in [6.45, 7) is 8.26. The number of carbonyl (C=O) groups is 2. The molecule has 0 saturated heterocycles. The number of amides is 1. The quantitative estimate of drug-likeness (QED) is 0.689. The number of benzene rings is 1. The standard InChI is InChI=1S/C19H29NO4/c1-14(2)12-15(3)24-11-10-17(21)20-13-19(4,18(22)23)16-8-6-5-7-9-16/h5-9,14-15H,10-13H2,1-4H3,(H,20,21)(H,22,23). The van der Waals surface area contributed by atoms with E-state index in [0.29, 0.717) is 18.1 Å². The number of nitrogens with one attached hydrogen (secondary N) is 1. The molecule has 0 aromatic heterocycles. The fraction of sp³-hybridized carbons (Fsp3) is 0.579. The van der Waals surface area contributed by atoms with Crippen molar-refractivity contribution >= 4 is 11.9 Å². The zero-order valence-corrected chi connectivity index (χ0v) is 15.0. The molecule has 0 fully saturated rings. The van der Waals surface area contributed by atoms with Gasteiger partial charge in [-0.15, -0.1) is 0 Å². The van der Waals surface area contributed by atoms with Gasteiger partial charge in [-0.2, -0.15) is 0 Å². The lowest BCUT2D eigenvalue weighted by molar-refractivity contribution is -0.143. The van der Waals surface area contributed by atoms with Crippen molar-refractivity contribution in [3.8, 4) is 0 Å². The van der Waals surface area contributed by atoms with Gasteiger partial charge in [-0.25, -0.2) is 0 Å². The van der Waals surface area contributed by atoms with Crippen LogP contribution in [-0.4, -0.2) is 36.2 Å². The summed E-state index contributed by atoms with van der Waals surface area (Å²) in [6, 6.07) is 8.94. The summed E-state index contributed by atoms with van der Waals surface area (Å²) in [5, 5.41) is 12.3. The summed E-state index contributed by atoms with van der Waals surface area (Å²) in [5.41, 5.74) is -0.484. The van der Waals surface area contributed by atoms with Gasteiger partial charge in [-0.05, 0) is 31.7 Å². The summed E-state index contributed by atoms with van der Waals surface area (Å²) in [6.07, 6.45) is 1.30. The zero-order valence-electron chi connectivity index (χ0n) is 15.0. The smallest absolute Gasteiger partial charge is 0.315 e. The van der Waals surface area contributed by atoms with Crippen molar-refractivity contribution in [3.63, 3.8) is 0 Å². The molecule has 2 atom stereocenters. The average Bonchev–Trinajstić information content (AvgIpc) is 2.52. The Morgan fingerprint density at radius 3 is 2.38 bits per heavy atom. The van der Waals surface area contributed by atoms with Crippen LogP contribution in [0.25, 0.3) is 0 Å². The first-order valence-electron chi connectivity index (χ1n) is 8.43. The first kappa shape index (κ1) is 20.2. The highest BCUT2D eigenvalue weighted by atomic mass is 16.5. The molecule has 1 aromatic rings. The van der Waals surface area contributed by atoms with Crippen molar-refractivity contribution in [2.24, 2.45) is 5.92 Å². The van der Waals surface area contributed by atoms with Gasteiger partial charge < -0.3 is 15.2 Å². The summed E-state index contributed by atoms with van der Waals surface area (Å²) >= 11 is 0. The summed E-state index contributed by atoms with van der Waals surface area (Å²) in [4.78, 5) is 23.6. The maximum Gasteiger partial charge on any atom is 0.315 e. The minimum absolute atomic E-state index is 0.0483. The van der Waals surface area contributed by atoms with E-state index >= 15 is 0 Å². The fourth-order valence-corrected chi connectivity index (χ4v) is 2.56. The Morgan fingerprint density at radius 1 is 1.21 bits per heavy atom. The van der Waals surface area contributed by atoms with Gasteiger partial charge in [0.15, 0.2) is 0 Å². The lowest BCUT2D eigenvalue weighted by Crippen LogP contribution is -2.44. The first-order chi connectivity index (χ1) is 11.3. The number of ether oxygens (including phenoxy) is 1. The number of hydrogen-bond acceptors (Lipinski definition) is 3. The molecule has 0 spiro atoms. The third kappa shape index (κ3) is 6.32. The van der Waals surface area contributed by atoms with Crippen molar-refractivity contribution in [3.05, 3.63) is 35.9 Å². The van der Waals surface area contributed by atoms with Crippen molar-refractivity contribution in [1.29, 1.82) is 0 Å². The van der Waals surface area contributed by atoms with Crippen molar-refractivity contribution in [2.75, 3.05) is 13.2 Å². The van der Waals surface area contributed by atoms with E-state index in [4.69, 9.17) is 4.74 Å². The van der Waals surface area contributed by atoms with Gasteiger partial charge in [0.25, 0.3) is 0 Å². The van der Waals surface area contributed by atoms with Crippen LogP contribution in [0.1, 0.15) is 46.1 Å². The minimum Gasteiger partial charge on any atom is -0.481 e. The molecule has 1 aromatic carbocycles. The SMILES string of the molecule is CC(C)CC(C)OCCC(=O)NCC(C)(C(=O)O)c1ccccc1. The molecular weight excluding hydrogens is 306 g/mol. The Kier molecular flexibility index (Phi) is 7.92. The molecule has 134 valence electrons. The van der Waals surface area contributed by atoms with Crippen LogP contribution in [0.4, 0.5) is 0 Å². The highest BCUT2D eigenvalue weighted by molar-refractivity contribution is 5.83. The molecule has 24 heavy (non-hydrogen) atoms. The van der Waals surface area contributed by atoms with Crippen LogP contribution in [0.2, 0.25) is 0 Å². The van der Waals surface area contributed by atoms with Crippen LogP contribution in [-0.2, 0) is 19.7 Å². The van der Waals surface area contributed by atoms with Crippen LogP contribution in [0.5, 0.6) is 0 Å². The van der Waals surface area contributed by atoms with Crippen LogP contribution in [0.15, 0.2) is 30.3 Å². The van der Waals surface area contributed by atoms with Crippen molar-refractivity contribution in [2.45, 2.75) is 52.1 Å². The number of aliphatic carboxylic acids is 1. The van der Waals surface area contributed by atoms with Gasteiger partial charge in [-0.1, -0.05) is 44.2 Å². The Balaban J connectivity index is 2.48. The van der Waals surface area contributed by atoms with E-state index in [2.05, 4.69) is 19.2 Å². The molecule has 0 radical (unpaired) electrons. The molecule has 2 N–H and O–H groups in total. The van der Waals surface area contributed by atoms with Gasteiger partial charge >= 0.3 is 5.97 Å². The molecule has 2 unspecified atom stereocenters. The van der Waals surface area contributed by atoms with E-state index in [1.54, 1.807) is 31.2 Å². The normalized spacial score (nSPS) is 14.9. The van der Waals surface area contributed by atoms with Crippen LogP contribution < -0.4 is 5.32 Å². The second-order valence-corrected chi connectivity index (χ2v) is 6.84. The summed E-state index contributed by atoms with van der Waals surface area (Å²) < 4.78 is 5.61. The Bertz CT molecular complexity index is 529. The second kappa shape index (κ2) is 9.42. The van der Waals surface area contributed by atoms with E-state index in [1.165, 1.54) is 0 Å². The first-order valence-corrected chi connectivity index (χ1v) is 8.43. The molecule has 5 heteroatoms. The number of carboxylic acid groups (broad SMARTS) is 1. The topological polar surface area (TPSA) is 75.6 Å². The van der Waals surface area contributed by atoms with E-state index in [0.717, 1.165) is 6.42 Å². The highest BCUT2D eigenvalue weighted by Crippen LogP contribution is 2.23. The number of hydrogen-bond donors (Lipinski definition) is 2. The van der Waals surface area contributed by atoms with E-state index in [1.807, 2.05) is 13.0 Å². The third-order valence-corrected chi connectivity index (χ3v) is 4.06. The monoisotopic (exact) mass is 335 g/mol. The second-order valence-electron chi connectivity index (χ2n) is 6.84. The van der Waals surface area contributed by atoms with E-state index < -0.39 is 11.4 Å². The Hall–Kier alpha value is -1.88. The molecule has 5 nitrogen and oxygen atoms in total. The van der Waals surface area contributed by atoms with E-state index in [9.17, 15) is 14.7 Å². The number of carboxylic acids is 1. The molecular formula is C19H29NO4. The van der Waals surface area contributed by atoms with Gasteiger partial charge in [0, 0.05) is 13.0 Å². The largest absolute Gasteiger partial charge is 0.481 e. The molecule has 1 rings (SSSR count). The Labute approximate surface area is 144 Å². The molecule has 1 amide bonds. The van der Waals surface area contributed by atoms with Gasteiger partial charge in [0.05, 0.1) is 12.7 Å². The zero-order chi connectivity index (χ0) is 18.2. The minimum atomic E-state index is -1.15. The molecule has 0 aliphatic rings. The predicted octanol–water partition coefficient (Wildman–Crippen LogP) is 2.99. The van der Waals surface area contributed by atoms with Crippen molar-refractivity contribution in [1.82, 2.24) is 5.32 Å². The maximum atomic E-state index is 12.0. The lowest BCUT2D eigenvalue weighted by Gasteiger charge is -2.25. The molecule has 0 aliphatic carbocycles. The van der Waals surface area contributed by atoms with Gasteiger partial charge in [-0.3, -0.25) is 9.59 Å². The summed E-state index contributed by atoms with van der Waals surface area (Å²) in [5.74, 6) is -0.609. The van der Waals surface area contributed by atoms with Gasteiger partial charge in [0.2, 0.25) is 5.91 Å². The van der Waals surface area contributed by atoms with Crippen LogP contribution in [0, 0.1) is 5.92 Å². The van der Waals surface area contributed by atoms with Gasteiger partial charge in [0.1, 0.15) is 5.41 Å². The Morgan fingerprint density at radius 2 is 1.83 bits per heavy atom. The fourth-order valence-electron chi connectivity index (χ4n) is 2.56.